The largest absolute Gasteiger partial charge is 0.454 e. The minimum atomic E-state index is -3.37. The monoisotopic (exact) mass is 361 g/mol. The van der Waals surface area contributed by atoms with Crippen molar-refractivity contribution in [3.63, 3.8) is 0 Å². The summed E-state index contributed by atoms with van der Waals surface area (Å²) in [6.45, 7) is 1.63. The number of ketones is 1. The van der Waals surface area contributed by atoms with Gasteiger partial charge in [0.2, 0.25) is 10.0 Å². The van der Waals surface area contributed by atoms with Crippen LogP contribution in [-0.4, -0.2) is 33.0 Å². The van der Waals surface area contributed by atoms with Crippen LogP contribution in [0, 0.1) is 0 Å². The second-order valence-electron chi connectivity index (χ2n) is 5.50. The fraction of sp³-hybridized carbons (Fsp3) is 0.222. The second-order valence-corrected chi connectivity index (χ2v) is 7.25. The first-order valence-electron chi connectivity index (χ1n) is 7.65. The van der Waals surface area contributed by atoms with Gasteiger partial charge in [0.1, 0.15) is 0 Å². The highest BCUT2D eigenvalue weighted by molar-refractivity contribution is 7.92. The highest BCUT2D eigenvalue weighted by atomic mass is 32.2. The Morgan fingerprint density at radius 1 is 0.960 bits per heavy atom. The zero-order valence-corrected chi connectivity index (χ0v) is 14.8. The van der Waals surface area contributed by atoms with Crippen LogP contribution in [0.15, 0.2) is 48.5 Å². The Bertz CT molecular complexity index is 855. The van der Waals surface area contributed by atoms with Crippen molar-refractivity contribution in [3.05, 3.63) is 65.2 Å². The maximum absolute atomic E-state index is 12.1. The van der Waals surface area contributed by atoms with Gasteiger partial charge < -0.3 is 4.74 Å². The van der Waals surface area contributed by atoms with Crippen molar-refractivity contribution in [1.29, 1.82) is 0 Å². The average Bonchev–Trinajstić information content (AvgIpc) is 2.58. The molecule has 0 saturated heterocycles. The van der Waals surface area contributed by atoms with Crippen LogP contribution in [0.1, 0.15) is 33.2 Å². The quantitative estimate of drug-likeness (QED) is 0.605. The molecule has 25 heavy (non-hydrogen) atoms. The van der Waals surface area contributed by atoms with Gasteiger partial charge in [-0.1, -0.05) is 19.1 Å². The summed E-state index contributed by atoms with van der Waals surface area (Å²) in [6, 6.07) is 12.9. The summed E-state index contributed by atoms with van der Waals surface area (Å²) >= 11 is 0. The molecule has 2 aromatic rings. The van der Waals surface area contributed by atoms with Crippen LogP contribution in [0.4, 0.5) is 5.69 Å². The predicted molar refractivity (Wildman–Crippen MR) is 95.3 cm³/mol. The molecule has 2 aromatic carbocycles. The van der Waals surface area contributed by atoms with Crippen LogP contribution in [0.2, 0.25) is 0 Å². The Morgan fingerprint density at radius 3 is 2.04 bits per heavy atom. The molecule has 1 N–H and O–H groups in total. The summed E-state index contributed by atoms with van der Waals surface area (Å²) in [5.41, 5.74) is 2.17. The van der Waals surface area contributed by atoms with E-state index in [1.165, 1.54) is 24.3 Å². The topological polar surface area (TPSA) is 89.5 Å². The maximum Gasteiger partial charge on any atom is 0.338 e. The number of hydrogen-bond donors (Lipinski definition) is 1. The van der Waals surface area contributed by atoms with Crippen molar-refractivity contribution in [1.82, 2.24) is 0 Å². The Kier molecular flexibility index (Phi) is 5.93. The van der Waals surface area contributed by atoms with Gasteiger partial charge >= 0.3 is 5.97 Å². The van der Waals surface area contributed by atoms with Crippen molar-refractivity contribution >= 4 is 27.5 Å². The van der Waals surface area contributed by atoms with Gasteiger partial charge in [0.25, 0.3) is 0 Å². The van der Waals surface area contributed by atoms with E-state index in [0.717, 1.165) is 18.2 Å². The summed E-state index contributed by atoms with van der Waals surface area (Å²) in [5, 5.41) is 0. The summed E-state index contributed by atoms with van der Waals surface area (Å²) in [7, 11) is -3.37. The molecule has 0 aliphatic rings. The van der Waals surface area contributed by atoms with Gasteiger partial charge in [-0.05, 0) is 48.4 Å². The van der Waals surface area contributed by atoms with Crippen molar-refractivity contribution in [2.24, 2.45) is 0 Å². The van der Waals surface area contributed by atoms with Crippen molar-refractivity contribution in [2.75, 3.05) is 17.6 Å². The fourth-order valence-electron chi connectivity index (χ4n) is 2.11. The van der Waals surface area contributed by atoms with E-state index in [0.29, 0.717) is 16.8 Å². The van der Waals surface area contributed by atoms with Gasteiger partial charge in [-0.2, -0.15) is 0 Å². The Morgan fingerprint density at radius 2 is 1.52 bits per heavy atom. The molecule has 0 atom stereocenters. The molecule has 0 fully saturated rings. The predicted octanol–water partition coefficient (Wildman–Crippen LogP) is 2.66. The normalized spacial score (nSPS) is 11.0. The Hall–Kier alpha value is -2.67. The third-order valence-electron chi connectivity index (χ3n) is 3.44. The van der Waals surface area contributed by atoms with E-state index in [9.17, 15) is 18.0 Å². The third kappa shape index (κ3) is 5.72. The number of carbonyl (C=O) groups is 2. The Balaban J connectivity index is 1.94. The SMILES string of the molecule is CCc1ccc(C(=O)OCC(=O)c2ccc(NS(C)(=O)=O)cc2)cc1. The van der Waals surface area contributed by atoms with Gasteiger partial charge in [0.05, 0.1) is 11.8 Å². The summed E-state index contributed by atoms with van der Waals surface area (Å²) < 4.78 is 29.6. The Labute approximate surface area is 146 Å². The first kappa shape index (κ1) is 18.7. The number of aryl methyl sites for hydroxylation is 1. The van der Waals surface area contributed by atoms with Crippen molar-refractivity contribution < 1.29 is 22.7 Å². The van der Waals surface area contributed by atoms with Crippen LogP contribution >= 0.6 is 0 Å². The average molecular weight is 361 g/mol. The molecule has 0 aliphatic carbocycles. The summed E-state index contributed by atoms with van der Waals surface area (Å²) in [6.07, 6.45) is 1.91. The molecule has 0 aliphatic heterocycles. The number of anilines is 1. The molecule has 0 unspecified atom stereocenters. The second kappa shape index (κ2) is 7.94. The fourth-order valence-corrected chi connectivity index (χ4v) is 2.68. The van der Waals surface area contributed by atoms with E-state index >= 15 is 0 Å². The molecule has 132 valence electrons. The molecule has 7 heteroatoms. The van der Waals surface area contributed by atoms with Crippen LogP contribution in [0.5, 0.6) is 0 Å². The van der Waals surface area contributed by atoms with Crippen LogP contribution < -0.4 is 4.72 Å². The van der Waals surface area contributed by atoms with E-state index in [1.54, 1.807) is 12.1 Å². The standard InChI is InChI=1S/C18H19NO5S/c1-3-13-4-6-15(7-5-13)18(21)24-12-17(20)14-8-10-16(11-9-14)19-25(2,22)23/h4-11,19H,3,12H2,1-2H3. The lowest BCUT2D eigenvalue weighted by Crippen LogP contribution is -2.14. The first-order valence-corrected chi connectivity index (χ1v) is 9.55. The third-order valence-corrected chi connectivity index (χ3v) is 4.05. The maximum atomic E-state index is 12.1. The number of carbonyl (C=O) groups excluding carboxylic acids is 2. The van der Waals surface area contributed by atoms with E-state index in [4.69, 9.17) is 4.74 Å². The van der Waals surface area contributed by atoms with E-state index in [1.807, 2.05) is 19.1 Å². The first-order chi connectivity index (χ1) is 11.8. The van der Waals surface area contributed by atoms with Gasteiger partial charge in [-0.15, -0.1) is 0 Å². The number of hydrogen-bond acceptors (Lipinski definition) is 5. The lowest BCUT2D eigenvalue weighted by molar-refractivity contribution is 0.0474. The van der Waals surface area contributed by atoms with Crippen molar-refractivity contribution in [2.45, 2.75) is 13.3 Å². The zero-order chi connectivity index (χ0) is 18.4. The van der Waals surface area contributed by atoms with E-state index in [-0.39, 0.29) is 12.4 Å². The number of sulfonamides is 1. The summed E-state index contributed by atoms with van der Waals surface area (Å²) in [4.78, 5) is 24.0. The number of Topliss-reactive ketones (excluding diaryl/α,β-unsaturated/α-hetero) is 1. The van der Waals surface area contributed by atoms with Gasteiger partial charge in [-0.25, -0.2) is 13.2 Å². The smallest absolute Gasteiger partial charge is 0.338 e. The van der Waals surface area contributed by atoms with Gasteiger partial charge in [0, 0.05) is 11.3 Å². The number of benzene rings is 2. The van der Waals surface area contributed by atoms with Crippen molar-refractivity contribution in [3.8, 4) is 0 Å². The molecular formula is C18H19NO5S. The molecule has 0 spiro atoms. The molecule has 0 saturated carbocycles. The highest BCUT2D eigenvalue weighted by Gasteiger charge is 2.12. The summed E-state index contributed by atoms with van der Waals surface area (Å²) in [5.74, 6) is -0.934. The molecule has 6 nitrogen and oxygen atoms in total. The number of esters is 1. The van der Waals surface area contributed by atoms with Crippen LogP contribution in [-0.2, 0) is 21.2 Å². The molecular weight excluding hydrogens is 342 g/mol. The number of ether oxygens (including phenoxy) is 1. The molecule has 0 aromatic heterocycles. The van der Waals surface area contributed by atoms with Crippen LogP contribution in [0.25, 0.3) is 0 Å². The molecule has 0 heterocycles. The molecule has 0 amide bonds. The zero-order valence-electron chi connectivity index (χ0n) is 14.0. The number of rotatable bonds is 7. The molecule has 0 bridgehead atoms. The van der Waals surface area contributed by atoms with E-state index < -0.39 is 16.0 Å². The highest BCUT2D eigenvalue weighted by Crippen LogP contribution is 2.12. The van der Waals surface area contributed by atoms with Gasteiger partial charge in [0.15, 0.2) is 12.4 Å². The number of nitrogens with one attached hydrogen (secondary N) is 1. The lowest BCUT2D eigenvalue weighted by atomic mass is 10.1. The lowest BCUT2D eigenvalue weighted by Gasteiger charge is -2.07. The minimum Gasteiger partial charge on any atom is -0.454 e. The van der Waals surface area contributed by atoms with E-state index in [2.05, 4.69) is 4.72 Å². The minimum absolute atomic E-state index is 0.327. The van der Waals surface area contributed by atoms with Crippen LogP contribution in [0.3, 0.4) is 0 Å². The van der Waals surface area contributed by atoms with Gasteiger partial charge in [-0.3, -0.25) is 9.52 Å². The molecule has 0 radical (unpaired) electrons. The molecule has 2 rings (SSSR count).